The van der Waals surface area contributed by atoms with Gasteiger partial charge in [0.05, 0.1) is 17.6 Å². The predicted octanol–water partition coefficient (Wildman–Crippen LogP) is 2.74. The van der Waals surface area contributed by atoms with Crippen LogP contribution < -0.4 is 5.56 Å². The van der Waals surface area contributed by atoms with Crippen LogP contribution in [0.3, 0.4) is 0 Å². The third-order valence-corrected chi connectivity index (χ3v) is 4.14. The van der Waals surface area contributed by atoms with E-state index >= 15 is 0 Å². The number of nitriles is 1. The molecule has 0 saturated carbocycles. The van der Waals surface area contributed by atoms with Crippen LogP contribution in [-0.2, 0) is 9.53 Å². The van der Waals surface area contributed by atoms with Gasteiger partial charge in [0.25, 0.3) is 5.56 Å². The molecule has 2 aromatic rings. The molecule has 0 aliphatic carbocycles. The maximum absolute atomic E-state index is 12.1. The van der Waals surface area contributed by atoms with Crippen LogP contribution in [0.1, 0.15) is 25.8 Å². The number of nitrogens with one attached hydrogen (secondary N) is 1. The number of rotatable bonds is 6. The molecule has 0 aliphatic heterocycles. The maximum atomic E-state index is 12.1. The van der Waals surface area contributed by atoms with Gasteiger partial charge >= 0.3 is 5.97 Å². The van der Waals surface area contributed by atoms with E-state index in [1.54, 1.807) is 24.3 Å². The van der Waals surface area contributed by atoms with Crippen LogP contribution in [0.15, 0.2) is 40.3 Å². The number of H-pyrrole nitrogens is 1. The number of hydrogen-bond donors (Lipinski definition) is 1. The third-order valence-electron chi connectivity index (χ3n) is 3.29. The Morgan fingerprint density at radius 2 is 2.12 bits per heavy atom. The Bertz CT molecular complexity index is 812. The molecule has 1 atom stereocenters. The first-order valence-corrected chi connectivity index (χ1v) is 8.45. The number of esters is 1. The fourth-order valence-corrected chi connectivity index (χ4v) is 2.54. The molecule has 1 heterocycles. The van der Waals surface area contributed by atoms with E-state index in [1.807, 2.05) is 26.0 Å². The van der Waals surface area contributed by atoms with E-state index in [0.717, 1.165) is 18.2 Å². The van der Waals surface area contributed by atoms with E-state index < -0.39 is 5.56 Å². The molecule has 0 amide bonds. The van der Waals surface area contributed by atoms with E-state index in [1.165, 1.54) is 0 Å². The van der Waals surface area contributed by atoms with E-state index in [9.17, 15) is 14.9 Å². The number of hydrogen-bond acceptors (Lipinski definition) is 6. The molecule has 0 aliphatic rings. The quantitative estimate of drug-likeness (QED) is 0.492. The van der Waals surface area contributed by atoms with Gasteiger partial charge in [-0.3, -0.25) is 9.59 Å². The molecule has 0 spiro atoms. The first-order chi connectivity index (χ1) is 11.5. The summed E-state index contributed by atoms with van der Waals surface area (Å²) in [4.78, 5) is 30.7. The summed E-state index contributed by atoms with van der Waals surface area (Å²) < 4.78 is 5.18. The summed E-state index contributed by atoms with van der Waals surface area (Å²) in [5.41, 5.74) is 0.403. The molecule has 1 unspecified atom stereocenters. The number of ether oxygens (including phenoxy) is 1. The Kier molecular flexibility index (Phi) is 6.15. The van der Waals surface area contributed by atoms with Crippen molar-refractivity contribution in [2.24, 2.45) is 0 Å². The van der Waals surface area contributed by atoms with Gasteiger partial charge in [-0.15, -0.1) is 0 Å². The standard InChI is InChI=1S/C17H17N3O3S/c1-3-11(2)23-14(21)10-24-17-19-15(12-7-5-4-6-8-12)13(9-18)16(22)20-17/h4-8,11H,3,10H2,1-2H3,(H,19,20,22). The van der Waals surface area contributed by atoms with E-state index in [4.69, 9.17) is 4.74 Å². The van der Waals surface area contributed by atoms with E-state index in [0.29, 0.717) is 11.3 Å². The first kappa shape index (κ1) is 17.8. The van der Waals surface area contributed by atoms with Crippen molar-refractivity contribution in [3.63, 3.8) is 0 Å². The van der Waals surface area contributed by atoms with Crippen molar-refractivity contribution in [3.05, 3.63) is 46.2 Å². The minimum absolute atomic E-state index is 0.0351. The molecule has 1 N–H and O–H groups in total. The lowest BCUT2D eigenvalue weighted by Gasteiger charge is -2.10. The van der Waals surface area contributed by atoms with Crippen LogP contribution in [0.25, 0.3) is 11.3 Å². The smallest absolute Gasteiger partial charge is 0.316 e. The summed E-state index contributed by atoms with van der Waals surface area (Å²) in [6.45, 7) is 3.74. The van der Waals surface area contributed by atoms with Gasteiger partial charge in [-0.2, -0.15) is 5.26 Å². The summed E-state index contributed by atoms with van der Waals surface area (Å²) in [5, 5.41) is 9.48. The van der Waals surface area contributed by atoms with Gasteiger partial charge in [0.2, 0.25) is 0 Å². The van der Waals surface area contributed by atoms with Crippen LogP contribution in [-0.4, -0.2) is 27.8 Å². The average Bonchev–Trinajstić information content (AvgIpc) is 2.60. The van der Waals surface area contributed by atoms with Crippen LogP contribution in [0.4, 0.5) is 0 Å². The van der Waals surface area contributed by atoms with Crippen molar-refractivity contribution in [1.82, 2.24) is 9.97 Å². The Morgan fingerprint density at radius 1 is 1.42 bits per heavy atom. The monoisotopic (exact) mass is 343 g/mol. The highest BCUT2D eigenvalue weighted by molar-refractivity contribution is 7.99. The van der Waals surface area contributed by atoms with Crippen molar-refractivity contribution in [2.45, 2.75) is 31.5 Å². The zero-order valence-electron chi connectivity index (χ0n) is 13.4. The second-order valence-electron chi connectivity index (χ2n) is 5.07. The third kappa shape index (κ3) is 4.46. The summed E-state index contributed by atoms with van der Waals surface area (Å²) >= 11 is 1.07. The molecule has 7 heteroatoms. The summed E-state index contributed by atoms with van der Waals surface area (Å²) in [5.74, 6) is -0.337. The molecule has 24 heavy (non-hydrogen) atoms. The minimum atomic E-state index is -0.524. The number of carbonyl (C=O) groups is 1. The summed E-state index contributed by atoms with van der Waals surface area (Å²) in [7, 11) is 0. The van der Waals surface area contributed by atoms with E-state index in [2.05, 4.69) is 9.97 Å². The SMILES string of the molecule is CCC(C)OC(=O)CSc1nc(-c2ccccc2)c(C#N)c(=O)[nH]1. The molecule has 0 saturated heterocycles. The number of aromatic nitrogens is 2. The molecule has 0 radical (unpaired) electrons. The highest BCUT2D eigenvalue weighted by Gasteiger charge is 2.15. The van der Waals surface area contributed by atoms with Crippen LogP contribution in [0.2, 0.25) is 0 Å². The normalized spacial score (nSPS) is 11.5. The molecule has 124 valence electrons. The van der Waals surface area contributed by atoms with Crippen molar-refractivity contribution < 1.29 is 9.53 Å². The van der Waals surface area contributed by atoms with Crippen molar-refractivity contribution in [2.75, 3.05) is 5.75 Å². The second kappa shape index (κ2) is 8.31. The lowest BCUT2D eigenvalue weighted by molar-refractivity contribution is -0.144. The van der Waals surface area contributed by atoms with Gasteiger partial charge < -0.3 is 9.72 Å². The van der Waals surface area contributed by atoms with Crippen molar-refractivity contribution in [3.8, 4) is 17.3 Å². The molecule has 0 fully saturated rings. The molecule has 0 bridgehead atoms. The predicted molar refractivity (Wildman–Crippen MR) is 91.6 cm³/mol. The number of benzene rings is 1. The number of carbonyl (C=O) groups excluding carboxylic acids is 1. The fraction of sp³-hybridized carbons (Fsp3) is 0.294. The summed E-state index contributed by atoms with van der Waals surface area (Å²) in [6, 6.07) is 10.9. The highest BCUT2D eigenvalue weighted by Crippen LogP contribution is 2.21. The van der Waals surface area contributed by atoms with Gasteiger partial charge in [-0.25, -0.2) is 4.98 Å². The van der Waals surface area contributed by atoms with Crippen LogP contribution in [0.5, 0.6) is 0 Å². The largest absolute Gasteiger partial charge is 0.462 e. The Hall–Kier alpha value is -2.59. The Morgan fingerprint density at radius 3 is 2.75 bits per heavy atom. The van der Waals surface area contributed by atoms with Gasteiger partial charge in [-0.1, -0.05) is 49.0 Å². The number of thioether (sulfide) groups is 1. The molecular formula is C17H17N3O3S. The van der Waals surface area contributed by atoms with Gasteiger partial charge in [-0.05, 0) is 13.3 Å². The van der Waals surface area contributed by atoms with Gasteiger partial charge in [0, 0.05) is 5.56 Å². The Balaban J connectivity index is 2.24. The van der Waals surface area contributed by atoms with Crippen molar-refractivity contribution in [1.29, 1.82) is 5.26 Å². The maximum Gasteiger partial charge on any atom is 0.316 e. The highest BCUT2D eigenvalue weighted by atomic mass is 32.2. The van der Waals surface area contributed by atoms with Gasteiger partial charge in [0.15, 0.2) is 5.16 Å². The van der Waals surface area contributed by atoms with Crippen LogP contribution in [0, 0.1) is 11.3 Å². The zero-order chi connectivity index (χ0) is 17.5. The average molecular weight is 343 g/mol. The van der Waals surface area contributed by atoms with Crippen LogP contribution >= 0.6 is 11.8 Å². The van der Waals surface area contributed by atoms with Crippen molar-refractivity contribution >= 4 is 17.7 Å². The Labute approximate surface area is 143 Å². The lowest BCUT2D eigenvalue weighted by Crippen LogP contribution is -2.17. The summed E-state index contributed by atoms with van der Waals surface area (Å²) in [6.07, 6.45) is 0.589. The fourth-order valence-electron chi connectivity index (χ4n) is 1.90. The number of nitrogens with zero attached hydrogens (tertiary/aromatic N) is 2. The molecular weight excluding hydrogens is 326 g/mol. The molecule has 1 aromatic heterocycles. The lowest BCUT2D eigenvalue weighted by atomic mass is 10.1. The van der Waals surface area contributed by atoms with Gasteiger partial charge in [0.1, 0.15) is 11.6 Å². The molecule has 2 rings (SSSR count). The zero-order valence-corrected chi connectivity index (χ0v) is 14.2. The second-order valence-corrected chi connectivity index (χ2v) is 6.03. The number of aromatic amines is 1. The molecule has 1 aromatic carbocycles. The van der Waals surface area contributed by atoms with E-state index in [-0.39, 0.29) is 28.5 Å². The topological polar surface area (TPSA) is 95.8 Å². The molecule has 6 nitrogen and oxygen atoms in total. The first-order valence-electron chi connectivity index (χ1n) is 7.47. The minimum Gasteiger partial charge on any atom is -0.462 e.